The van der Waals surface area contributed by atoms with E-state index in [-0.39, 0.29) is 23.1 Å². The molecule has 0 radical (unpaired) electrons. The molecule has 2 aliphatic rings. The van der Waals surface area contributed by atoms with Gasteiger partial charge in [-0.3, -0.25) is 23.9 Å². The van der Waals surface area contributed by atoms with Crippen molar-refractivity contribution in [2.24, 2.45) is 0 Å². The molecule has 0 N–H and O–H groups in total. The number of rotatable bonds is 5. The average molecular weight is 454 g/mol. The van der Waals surface area contributed by atoms with Crippen molar-refractivity contribution in [2.75, 3.05) is 12.3 Å². The van der Waals surface area contributed by atoms with E-state index in [0.717, 1.165) is 47.9 Å². The summed E-state index contributed by atoms with van der Waals surface area (Å²) < 4.78 is 1.70. The van der Waals surface area contributed by atoms with Crippen LogP contribution in [0.25, 0.3) is 10.2 Å². The maximum atomic E-state index is 13.6. The number of benzene rings is 1. The molecule has 2 amide bonds. The molecule has 5 rings (SSSR count). The third-order valence-electron chi connectivity index (χ3n) is 5.92. The van der Waals surface area contributed by atoms with E-state index in [0.29, 0.717) is 24.7 Å². The predicted molar refractivity (Wildman–Crippen MR) is 123 cm³/mol. The predicted octanol–water partition coefficient (Wildman–Crippen LogP) is 3.63. The average Bonchev–Trinajstić information content (AvgIpc) is 3.38. The summed E-state index contributed by atoms with van der Waals surface area (Å²) in [5.41, 5.74) is 2.15. The third-order valence-corrected chi connectivity index (χ3v) is 8.07. The molecule has 1 fully saturated rings. The van der Waals surface area contributed by atoms with Gasteiger partial charge in [0.1, 0.15) is 4.83 Å². The number of aryl methyl sites for hydroxylation is 2. The number of likely N-dealkylation sites (tertiary alicyclic amines) is 1. The van der Waals surface area contributed by atoms with Gasteiger partial charge < -0.3 is 0 Å². The van der Waals surface area contributed by atoms with E-state index >= 15 is 0 Å². The van der Waals surface area contributed by atoms with Crippen molar-refractivity contribution in [3.63, 3.8) is 0 Å². The van der Waals surface area contributed by atoms with E-state index in [2.05, 4.69) is 0 Å². The van der Waals surface area contributed by atoms with Crippen molar-refractivity contribution < 1.29 is 9.59 Å². The van der Waals surface area contributed by atoms with E-state index in [4.69, 9.17) is 4.98 Å². The number of thioether (sulfide) groups is 1. The fourth-order valence-electron chi connectivity index (χ4n) is 4.35. The van der Waals surface area contributed by atoms with Gasteiger partial charge >= 0.3 is 0 Å². The standard InChI is InChI=1S/C23H23N3O3S2/c27-18-11-6-12-25(18)19(28)14-30-23-24-21-20(16-9-4-5-10-17(16)31-21)22(29)26(23)13-15-7-2-1-3-8-15/h1-3,7-8H,4-6,9-14H2. The fourth-order valence-corrected chi connectivity index (χ4v) is 6.53. The maximum absolute atomic E-state index is 13.6. The molecule has 0 spiro atoms. The second-order valence-electron chi connectivity index (χ2n) is 7.99. The van der Waals surface area contributed by atoms with Gasteiger partial charge in [0.15, 0.2) is 5.16 Å². The highest BCUT2D eigenvalue weighted by Crippen LogP contribution is 2.35. The number of amides is 2. The molecule has 31 heavy (non-hydrogen) atoms. The number of hydrogen-bond donors (Lipinski definition) is 0. The number of thiophene rings is 1. The molecule has 0 saturated carbocycles. The Kier molecular flexibility index (Phi) is 5.67. The summed E-state index contributed by atoms with van der Waals surface area (Å²) in [7, 11) is 0. The monoisotopic (exact) mass is 453 g/mol. The summed E-state index contributed by atoms with van der Waals surface area (Å²) in [6, 6.07) is 9.83. The number of imide groups is 1. The van der Waals surface area contributed by atoms with Gasteiger partial charge in [-0.1, -0.05) is 42.1 Å². The molecule has 0 atom stereocenters. The first-order chi connectivity index (χ1) is 15.1. The Bertz CT molecular complexity index is 1220. The molecule has 1 aliphatic carbocycles. The quantitative estimate of drug-likeness (QED) is 0.436. The molecule has 6 nitrogen and oxygen atoms in total. The van der Waals surface area contributed by atoms with Gasteiger partial charge in [0, 0.05) is 17.8 Å². The van der Waals surface area contributed by atoms with Crippen LogP contribution in [0.5, 0.6) is 0 Å². The van der Waals surface area contributed by atoms with E-state index in [1.54, 1.807) is 15.9 Å². The van der Waals surface area contributed by atoms with Crippen molar-refractivity contribution in [1.82, 2.24) is 14.5 Å². The molecule has 0 unspecified atom stereocenters. The number of fused-ring (bicyclic) bond motifs is 3. The zero-order valence-corrected chi connectivity index (χ0v) is 18.8. The first-order valence-corrected chi connectivity index (χ1v) is 12.5. The lowest BCUT2D eigenvalue weighted by Gasteiger charge is -2.15. The van der Waals surface area contributed by atoms with Crippen LogP contribution in [0.4, 0.5) is 0 Å². The number of aromatic nitrogens is 2. The Labute approximate surface area is 188 Å². The van der Waals surface area contributed by atoms with Crippen molar-refractivity contribution in [2.45, 2.75) is 50.2 Å². The number of nitrogens with zero attached hydrogens (tertiary/aromatic N) is 3. The summed E-state index contributed by atoms with van der Waals surface area (Å²) in [4.78, 5) is 46.3. The molecule has 3 aromatic rings. The number of carbonyl (C=O) groups excluding carboxylic acids is 2. The van der Waals surface area contributed by atoms with Crippen LogP contribution in [-0.2, 0) is 29.0 Å². The minimum absolute atomic E-state index is 0.0274. The van der Waals surface area contributed by atoms with E-state index in [1.807, 2.05) is 30.3 Å². The van der Waals surface area contributed by atoms with Crippen LogP contribution in [0.3, 0.4) is 0 Å². The summed E-state index contributed by atoms with van der Waals surface area (Å²) in [6.07, 6.45) is 5.34. The highest BCUT2D eigenvalue weighted by atomic mass is 32.2. The topological polar surface area (TPSA) is 72.3 Å². The maximum Gasteiger partial charge on any atom is 0.263 e. The van der Waals surface area contributed by atoms with Gasteiger partial charge in [-0.2, -0.15) is 0 Å². The fraction of sp³-hybridized carbons (Fsp3) is 0.391. The number of carbonyl (C=O) groups is 2. The Morgan fingerprint density at radius 3 is 2.65 bits per heavy atom. The van der Waals surface area contributed by atoms with Crippen LogP contribution >= 0.6 is 23.1 Å². The van der Waals surface area contributed by atoms with E-state index in [9.17, 15) is 14.4 Å². The van der Waals surface area contributed by atoms with Gasteiger partial charge in [0.2, 0.25) is 11.8 Å². The summed E-state index contributed by atoms with van der Waals surface area (Å²) in [5.74, 6) is -0.218. The van der Waals surface area contributed by atoms with Gasteiger partial charge in [-0.15, -0.1) is 11.3 Å². The molecule has 1 saturated heterocycles. The largest absolute Gasteiger partial charge is 0.283 e. The summed E-state index contributed by atoms with van der Waals surface area (Å²) >= 11 is 2.87. The molecule has 8 heteroatoms. The van der Waals surface area contributed by atoms with Crippen molar-refractivity contribution in [1.29, 1.82) is 0 Å². The highest BCUT2D eigenvalue weighted by Gasteiger charge is 2.27. The highest BCUT2D eigenvalue weighted by molar-refractivity contribution is 7.99. The molecule has 160 valence electrons. The smallest absolute Gasteiger partial charge is 0.263 e. The molecule has 3 heterocycles. The first-order valence-electron chi connectivity index (χ1n) is 10.7. The van der Waals surface area contributed by atoms with Gasteiger partial charge in [-0.25, -0.2) is 4.98 Å². The Hall–Kier alpha value is -2.45. The van der Waals surface area contributed by atoms with E-state index < -0.39 is 0 Å². The summed E-state index contributed by atoms with van der Waals surface area (Å²) in [6.45, 7) is 0.894. The lowest BCUT2D eigenvalue weighted by atomic mass is 9.97. The minimum Gasteiger partial charge on any atom is -0.283 e. The van der Waals surface area contributed by atoms with Gasteiger partial charge in [0.05, 0.1) is 17.7 Å². The normalized spacial score (nSPS) is 16.1. The lowest BCUT2D eigenvalue weighted by Crippen LogP contribution is -2.33. The number of hydrogen-bond acceptors (Lipinski definition) is 6. The van der Waals surface area contributed by atoms with Crippen molar-refractivity contribution >= 4 is 45.1 Å². The van der Waals surface area contributed by atoms with Crippen LogP contribution in [-0.4, -0.2) is 38.6 Å². The van der Waals surface area contributed by atoms with Crippen LogP contribution in [0.15, 0.2) is 40.3 Å². The van der Waals surface area contributed by atoms with E-state index in [1.165, 1.54) is 27.1 Å². The van der Waals surface area contributed by atoms with Crippen molar-refractivity contribution in [3.05, 3.63) is 56.7 Å². The second kappa shape index (κ2) is 8.59. The van der Waals surface area contributed by atoms with Crippen LogP contribution in [0.2, 0.25) is 0 Å². The van der Waals surface area contributed by atoms with Gasteiger partial charge in [-0.05, 0) is 43.2 Å². The van der Waals surface area contributed by atoms with Gasteiger partial charge in [0.25, 0.3) is 5.56 Å². The molecule has 2 aromatic heterocycles. The van der Waals surface area contributed by atoms with Crippen LogP contribution in [0, 0.1) is 0 Å². The molecular weight excluding hydrogens is 430 g/mol. The zero-order chi connectivity index (χ0) is 21.4. The second-order valence-corrected chi connectivity index (χ2v) is 10.0. The first kappa shape index (κ1) is 20.5. The Morgan fingerprint density at radius 1 is 1.06 bits per heavy atom. The molecular formula is C23H23N3O3S2. The lowest BCUT2D eigenvalue weighted by molar-refractivity contribution is -0.140. The van der Waals surface area contributed by atoms with Crippen LogP contribution < -0.4 is 5.56 Å². The Balaban J connectivity index is 1.53. The van der Waals surface area contributed by atoms with Crippen molar-refractivity contribution in [3.8, 4) is 0 Å². The Morgan fingerprint density at radius 2 is 1.87 bits per heavy atom. The zero-order valence-electron chi connectivity index (χ0n) is 17.1. The third kappa shape index (κ3) is 3.94. The molecule has 1 aromatic carbocycles. The minimum atomic E-state index is -0.210. The molecule has 1 aliphatic heterocycles. The summed E-state index contributed by atoms with van der Waals surface area (Å²) in [5, 5.41) is 1.29. The SMILES string of the molecule is O=C1CCCN1C(=O)CSc1nc2sc3c(c2c(=O)n1Cc1ccccc1)CCCC3. The molecule has 0 bridgehead atoms. The van der Waals surface area contributed by atoms with Crippen LogP contribution in [0.1, 0.15) is 41.7 Å².